The predicted molar refractivity (Wildman–Crippen MR) is 78.0 cm³/mol. The summed E-state index contributed by atoms with van der Waals surface area (Å²) < 4.78 is 13.8. The summed E-state index contributed by atoms with van der Waals surface area (Å²) in [5.74, 6) is -0.153. The van der Waals surface area contributed by atoms with Gasteiger partial charge in [0, 0.05) is 23.2 Å². The summed E-state index contributed by atoms with van der Waals surface area (Å²) >= 11 is 5.97. The second-order valence-corrected chi connectivity index (χ2v) is 5.62. The number of piperidine rings is 1. The summed E-state index contributed by atoms with van der Waals surface area (Å²) in [6, 6.07) is 5.37. The van der Waals surface area contributed by atoms with Crippen LogP contribution < -0.4 is 5.32 Å². The van der Waals surface area contributed by atoms with E-state index in [-0.39, 0.29) is 5.82 Å². The molecule has 0 atom stereocenters. The first-order valence-corrected chi connectivity index (χ1v) is 7.47. The number of nitrogens with zero attached hydrogens (tertiary/aromatic N) is 1. The van der Waals surface area contributed by atoms with E-state index in [4.69, 9.17) is 11.6 Å². The number of halogens is 2. The highest BCUT2D eigenvalue weighted by molar-refractivity contribution is 6.30. The maximum Gasteiger partial charge on any atom is 0.127 e. The Kier molecular flexibility index (Phi) is 5.61. The number of hydrogen-bond acceptors (Lipinski definition) is 2. The van der Waals surface area contributed by atoms with E-state index in [9.17, 15) is 4.39 Å². The molecule has 1 heterocycles. The van der Waals surface area contributed by atoms with Gasteiger partial charge in [0.2, 0.25) is 0 Å². The highest BCUT2D eigenvalue weighted by Crippen LogP contribution is 2.20. The Morgan fingerprint density at radius 2 is 2.11 bits per heavy atom. The molecule has 0 radical (unpaired) electrons. The Labute approximate surface area is 119 Å². The summed E-state index contributed by atoms with van der Waals surface area (Å²) in [6.45, 7) is 5.95. The van der Waals surface area contributed by atoms with E-state index in [1.165, 1.54) is 6.07 Å². The molecule has 1 aromatic rings. The van der Waals surface area contributed by atoms with E-state index < -0.39 is 0 Å². The Morgan fingerprint density at radius 3 is 2.79 bits per heavy atom. The van der Waals surface area contributed by atoms with Crippen molar-refractivity contribution < 1.29 is 4.39 Å². The molecule has 0 spiro atoms. The molecule has 1 aliphatic heterocycles. The zero-order valence-electron chi connectivity index (χ0n) is 11.5. The highest BCUT2D eigenvalue weighted by Gasteiger charge is 2.21. The van der Waals surface area contributed by atoms with Crippen LogP contribution >= 0.6 is 11.6 Å². The predicted octanol–water partition coefficient (Wildman–Crippen LogP) is 3.44. The minimum absolute atomic E-state index is 0.153. The quantitative estimate of drug-likeness (QED) is 0.891. The average molecular weight is 285 g/mol. The van der Waals surface area contributed by atoms with Gasteiger partial charge in [-0.3, -0.25) is 4.90 Å². The maximum atomic E-state index is 13.8. The standard InChI is InChI=1S/C15H22ClFN2/c1-2-9-19(14-5-7-18-8-6-14)11-12-10-13(16)3-4-15(12)17/h3-4,10,14,18H,2,5-9,11H2,1H3. The zero-order chi connectivity index (χ0) is 13.7. The first-order chi connectivity index (χ1) is 9.20. The van der Waals surface area contributed by atoms with Crippen molar-refractivity contribution in [2.75, 3.05) is 19.6 Å². The lowest BCUT2D eigenvalue weighted by Gasteiger charge is -2.34. The van der Waals surface area contributed by atoms with Gasteiger partial charge in [0.1, 0.15) is 5.82 Å². The minimum atomic E-state index is -0.153. The topological polar surface area (TPSA) is 15.3 Å². The molecule has 0 bridgehead atoms. The van der Waals surface area contributed by atoms with Gasteiger partial charge in [-0.1, -0.05) is 18.5 Å². The third-order valence-corrected chi connectivity index (χ3v) is 3.95. The lowest BCUT2D eigenvalue weighted by atomic mass is 10.0. The Morgan fingerprint density at radius 1 is 1.37 bits per heavy atom. The molecule has 19 heavy (non-hydrogen) atoms. The summed E-state index contributed by atoms with van der Waals surface area (Å²) in [5, 5.41) is 3.98. The molecule has 4 heteroatoms. The lowest BCUT2D eigenvalue weighted by molar-refractivity contribution is 0.152. The van der Waals surface area contributed by atoms with Crippen molar-refractivity contribution >= 4 is 11.6 Å². The van der Waals surface area contributed by atoms with Crippen molar-refractivity contribution in [3.05, 3.63) is 34.6 Å². The van der Waals surface area contributed by atoms with Crippen LogP contribution in [0.2, 0.25) is 5.02 Å². The molecule has 0 saturated carbocycles. The van der Waals surface area contributed by atoms with Crippen LogP contribution in [0.25, 0.3) is 0 Å². The molecule has 1 aliphatic rings. The molecule has 1 aromatic carbocycles. The first kappa shape index (κ1) is 14.8. The van der Waals surface area contributed by atoms with E-state index in [0.717, 1.165) is 38.9 Å². The Bertz CT molecular complexity index is 405. The van der Waals surface area contributed by atoms with Crippen molar-refractivity contribution in [2.45, 2.75) is 38.8 Å². The van der Waals surface area contributed by atoms with Crippen molar-refractivity contribution in [2.24, 2.45) is 0 Å². The molecule has 2 nitrogen and oxygen atoms in total. The molecule has 1 saturated heterocycles. The van der Waals surface area contributed by atoms with Gasteiger partial charge >= 0.3 is 0 Å². The number of rotatable bonds is 5. The third-order valence-electron chi connectivity index (χ3n) is 3.72. The van der Waals surface area contributed by atoms with Crippen molar-refractivity contribution in [1.29, 1.82) is 0 Å². The van der Waals surface area contributed by atoms with Crippen LogP contribution in [-0.2, 0) is 6.54 Å². The van der Waals surface area contributed by atoms with Gasteiger partial charge in [-0.05, 0) is 57.1 Å². The van der Waals surface area contributed by atoms with Crippen molar-refractivity contribution in [3.63, 3.8) is 0 Å². The van der Waals surface area contributed by atoms with Crippen LogP contribution in [0.5, 0.6) is 0 Å². The van der Waals surface area contributed by atoms with E-state index in [1.54, 1.807) is 12.1 Å². The number of hydrogen-bond donors (Lipinski definition) is 1. The maximum absolute atomic E-state index is 13.8. The highest BCUT2D eigenvalue weighted by atomic mass is 35.5. The van der Waals surface area contributed by atoms with E-state index in [0.29, 0.717) is 23.2 Å². The molecule has 2 rings (SSSR count). The molecule has 0 unspecified atom stereocenters. The van der Waals surface area contributed by atoms with Gasteiger partial charge in [-0.15, -0.1) is 0 Å². The van der Waals surface area contributed by atoms with E-state index in [2.05, 4.69) is 17.1 Å². The van der Waals surface area contributed by atoms with Gasteiger partial charge in [0.05, 0.1) is 0 Å². The van der Waals surface area contributed by atoms with Gasteiger partial charge < -0.3 is 5.32 Å². The lowest BCUT2D eigenvalue weighted by Crippen LogP contribution is -2.43. The molecule has 0 aliphatic carbocycles. The monoisotopic (exact) mass is 284 g/mol. The van der Waals surface area contributed by atoms with Crippen LogP contribution in [0.4, 0.5) is 4.39 Å². The Balaban J connectivity index is 2.08. The molecule has 106 valence electrons. The van der Waals surface area contributed by atoms with Crippen LogP contribution in [0.3, 0.4) is 0 Å². The van der Waals surface area contributed by atoms with Gasteiger partial charge in [-0.25, -0.2) is 4.39 Å². The van der Waals surface area contributed by atoms with Crippen LogP contribution in [0.15, 0.2) is 18.2 Å². The summed E-state index contributed by atoms with van der Waals surface area (Å²) in [7, 11) is 0. The molecule has 0 amide bonds. The van der Waals surface area contributed by atoms with E-state index >= 15 is 0 Å². The summed E-state index contributed by atoms with van der Waals surface area (Å²) in [5.41, 5.74) is 0.708. The zero-order valence-corrected chi connectivity index (χ0v) is 12.2. The first-order valence-electron chi connectivity index (χ1n) is 7.09. The van der Waals surface area contributed by atoms with Gasteiger partial charge in [0.15, 0.2) is 0 Å². The fourth-order valence-corrected chi connectivity index (χ4v) is 2.93. The van der Waals surface area contributed by atoms with E-state index in [1.807, 2.05) is 0 Å². The normalized spacial score (nSPS) is 17.1. The molecule has 1 N–H and O–H groups in total. The molecule has 1 fully saturated rings. The second-order valence-electron chi connectivity index (χ2n) is 5.19. The fraction of sp³-hybridized carbons (Fsp3) is 0.600. The van der Waals surface area contributed by atoms with Crippen molar-refractivity contribution in [1.82, 2.24) is 10.2 Å². The molecule has 0 aromatic heterocycles. The van der Waals surface area contributed by atoms with Crippen LogP contribution in [0, 0.1) is 5.82 Å². The fourth-order valence-electron chi connectivity index (χ4n) is 2.73. The number of nitrogens with one attached hydrogen (secondary N) is 1. The summed E-state index contributed by atoms with van der Waals surface area (Å²) in [6.07, 6.45) is 3.37. The smallest absolute Gasteiger partial charge is 0.127 e. The third kappa shape index (κ3) is 4.16. The van der Waals surface area contributed by atoms with Crippen LogP contribution in [0.1, 0.15) is 31.7 Å². The average Bonchev–Trinajstić information content (AvgIpc) is 2.43. The van der Waals surface area contributed by atoms with Crippen LogP contribution in [-0.4, -0.2) is 30.6 Å². The van der Waals surface area contributed by atoms with Crippen molar-refractivity contribution in [3.8, 4) is 0 Å². The second kappa shape index (κ2) is 7.22. The van der Waals surface area contributed by atoms with Gasteiger partial charge in [0.25, 0.3) is 0 Å². The van der Waals surface area contributed by atoms with Gasteiger partial charge in [-0.2, -0.15) is 0 Å². The Hall–Kier alpha value is -0.640. The summed E-state index contributed by atoms with van der Waals surface area (Å²) in [4.78, 5) is 2.40. The molecular weight excluding hydrogens is 263 g/mol. The largest absolute Gasteiger partial charge is 0.317 e. The molecular formula is C15H22ClFN2. The SMILES string of the molecule is CCCN(Cc1cc(Cl)ccc1F)C1CCNCC1. The number of benzene rings is 1. The minimum Gasteiger partial charge on any atom is -0.317 e.